The lowest BCUT2D eigenvalue weighted by atomic mass is 10.1. The summed E-state index contributed by atoms with van der Waals surface area (Å²) in [6, 6.07) is 1.93. The summed E-state index contributed by atoms with van der Waals surface area (Å²) < 4.78 is 27.0. The van der Waals surface area contributed by atoms with Crippen molar-refractivity contribution in [2.75, 3.05) is 14.1 Å². The quantitative estimate of drug-likeness (QED) is 0.838. The fourth-order valence-electron chi connectivity index (χ4n) is 1.26. The fourth-order valence-corrected chi connectivity index (χ4v) is 1.26. The van der Waals surface area contributed by atoms with Gasteiger partial charge in [-0.15, -0.1) is 0 Å². The molecule has 1 N–H and O–H groups in total. The van der Waals surface area contributed by atoms with Gasteiger partial charge in [0.15, 0.2) is 0 Å². The molecule has 16 heavy (non-hydrogen) atoms. The van der Waals surface area contributed by atoms with Gasteiger partial charge in [-0.1, -0.05) is 0 Å². The van der Waals surface area contributed by atoms with Crippen molar-refractivity contribution in [2.45, 2.75) is 13.0 Å². The third-order valence-corrected chi connectivity index (χ3v) is 2.17. The second kappa shape index (κ2) is 4.57. The molecule has 0 bridgehead atoms. The van der Waals surface area contributed by atoms with Gasteiger partial charge in [-0.05, 0) is 24.6 Å². The molecule has 1 aromatic carbocycles. The highest BCUT2D eigenvalue weighted by Crippen LogP contribution is 2.20. The molecule has 1 atom stereocenters. The third kappa shape index (κ3) is 2.36. The van der Waals surface area contributed by atoms with E-state index >= 15 is 0 Å². The lowest BCUT2D eigenvalue weighted by Gasteiger charge is -2.13. The van der Waals surface area contributed by atoms with Crippen LogP contribution in [0.2, 0.25) is 0 Å². The first-order valence-electron chi connectivity index (χ1n) is 4.73. The summed E-state index contributed by atoms with van der Waals surface area (Å²) in [4.78, 5) is 12.5. The largest absolute Gasteiger partial charge is 0.389 e. The van der Waals surface area contributed by atoms with E-state index in [9.17, 15) is 18.7 Å². The van der Waals surface area contributed by atoms with Gasteiger partial charge in [-0.3, -0.25) is 4.79 Å². The zero-order chi connectivity index (χ0) is 12.5. The highest BCUT2D eigenvalue weighted by Gasteiger charge is 2.20. The van der Waals surface area contributed by atoms with Gasteiger partial charge in [-0.25, -0.2) is 8.78 Å². The Morgan fingerprint density at radius 3 is 2.06 bits per heavy atom. The molecular weight excluding hydrogens is 216 g/mol. The molecule has 0 aliphatic rings. The summed E-state index contributed by atoms with van der Waals surface area (Å²) in [7, 11) is 2.81. The Morgan fingerprint density at radius 1 is 1.31 bits per heavy atom. The standard InChI is InChI=1S/C11H13F2NO2/c1-6(15)7-4-8(12)10(9(13)5-7)11(16)14(2)3/h4-6,15H,1-3H3. The number of benzene rings is 1. The molecule has 1 amide bonds. The van der Waals surface area contributed by atoms with Crippen LogP contribution in [0.25, 0.3) is 0 Å². The van der Waals surface area contributed by atoms with Crippen molar-refractivity contribution in [3.8, 4) is 0 Å². The number of halogens is 2. The number of carbonyl (C=O) groups excluding carboxylic acids is 1. The van der Waals surface area contributed by atoms with E-state index < -0.39 is 29.2 Å². The van der Waals surface area contributed by atoms with Gasteiger partial charge < -0.3 is 10.0 Å². The first-order chi connectivity index (χ1) is 7.34. The highest BCUT2D eigenvalue weighted by molar-refractivity contribution is 5.94. The Hall–Kier alpha value is -1.49. The highest BCUT2D eigenvalue weighted by atomic mass is 19.1. The predicted octanol–water partition coefficient (Wildman–Crippen LogP) is 1.72. The molecule has 0 saturated heterocycles. The molecule has 0 fully saturated rings. The Labute approximate surface area is 92.3 Å². The Morgan fingerprint density at radius 2 is 1.75 bits per heavy atom. The van der Waals surface area contributed by atoms with Crippen molar-refractivity contribution in [3.63, 3.8) is 0 Å². The van der Waals surface area contributed by atoms with Crippen molar-refractivity contribution < 1.29 is 18.7 Å². The Balaban J connectivity index is 3.28. The molecule has 5 heteroatoms. The second-order valence-electron chi connectivity index (χ2n) is 3.74. The lowest BCUT2D eigenvalue weighted by molar-refractivity contribution is 0.0817. The number of aliphatic hydroxyl groups excluding tert-OH is 1. The van der Waals surface area contributed by atoms with Crippen LogP contribution in [0.3, 0.4) is 0 Å². The maximum Gasteiger partial charge on any atom is 0.259 e. The monoisotopic (exact) mass is 229 g/mol. The normalized spacial score (nSPS) is 12.4. The minimum Gasteiger partial charge on any atom is -0.389 e. The van der Waals surface area contributed by atoms with E-state index in [1.54, 1.807) is 0 Å². The summed E-state index contributed by atoms with van der Waals surface area (Å²) in [6.45, 7) is 1.39. The van der Waals surface area contributed by atoms with Crippen LogP contribution in [-0.2, 0) is 0 Å². The minimum absolute atomic E-state index is 0.102. The van der Waals surface area contributed by atoms with Crippen LogP contribution in [0.4, 0.5) is 8.78 Å². The minimum atomic E-state index is -0.979. The fraction of sp³-hybridized carbons (Fsp3) is 0.364. The van der Waals surface area contributed by atoms with Crippen LogP contribution in [0.1, 0.15) is 28.9 Å². The third-order valence-electron chi connectivity index (χ3n) is 2.17. The molecule has 0 aliphatic heterocycles. The number of carbonyl (C=O) groups is 1. The first kappa shape index (κ1) is 12.6. The number of hydrogen-bond acceptors (Lipinski definition) is 2. The van der Waals surface area contributed by atoms with E-state index in [0.717, 1.165) is 17.0 Å². The van der Waals surface area contributed by atoms with Gasteiger partial charge in [0, 0.05) is 14.1 Å². The molecule has 0 saturated carbocycles. The Kier molecular flexibility index (Phi) is 3.59. The van der Waals surface area contributed by atoms with E-state index in [0.29, 0.717) is 0 Å². The first-order valence-corrected chi connectivity index (χ1v) is 4.73. The van der Waals surface area contributed by atoms with Crippen LogP contribution in [0, 0.1) is 11.6 Å². The second-order valence-corrected chi connectivity index (χ2v) is 3.74. The molecule has 1 aromatic rings. The summed E-state index contributed by atoms with van der Waals surface area (Å²) in [5.74, 6) is -2.67. The molecule has 0 aromatic heterocycles. The van der Waals surface area contributed by atoms with Crippen molar-refractivity contribution in [2.24, 2.45) is 0 Å². The number of rotatable bonds is 2. The summed E-state index contributed by atoms with van der Waals surface area (Å²) >= 11 is 0. The van der Waals surface area contributed by atoms with Gasteiger partial charge in [-0.2, -0.15) is 0 Å². The van der Waals surface area contributed by atoms with Crippen LogP contribution in [-0.4, -0.2) is 30.0 Å². The van der Waals surface area contributed by atoms with Crippen LogP contribution in [0.5, 0.6) is 0 Å². The topological polar surface area (TPSA) is 40.5 Å². The predicted molar refractivity (Wildman–Crippen MR) is 55.0 cm³/mol. The average molecular weight is 229 g/mol. The molecule has 88 valence electrons. The van der Waals surface area contributed by atoms with E-state index in [1.165, 1.54) is 21.0 Å². The van der Waals surface area contributed by atoms with Crippen LogP contribution in [0.15, 0.2) is 12.1 Å². The van der Waals surface area contributed by atoms with Gasteiger partial charge >= 0.3 is 0 Å². The number of amides is 1. The molecule has 0 spiro atoms. The van der Waals surface area contributed by atoms with Crippen LogP contribution >= 0.6 is 0 Å². The maximum atomic E-state index is 13.5. The smallest absolute Gasteiger partial charge is 0.259 e. The van der Waals surface area contributed by atoms with Gasteiger partial charge in [0.2, 0.25) is 0 Å². The molecule has 0 heterocycles. The van der Waals surface area contributed by atoms with Crippen LogP contribution < -0.4 is 0 Å². The summed E-state index contributed by atoms with van der Waals surface area (Å²) in [5, 5.41) is 9.18. The Bertz CT molecular complexity index is 393. The van der Waals surface area contributed by atoms with Crippen molar-refractivity contribution >= 4 is 5.91 Å². The zero-order valence-corrected chi connectivity index (χ0v) is 9.29. The molecule has 1 rings (SSSR count). The number of hydrogen-bond donors (Lipinski definition) is 1. The number of aliphatic hydroxyl groups is 1. The van der Waals surface area contributed by atoms with Gasteiger partial charge in [0.05, 0.1) is 6.10 Å². The summed E-state index contributed by atoms with van der Waals surface area (Å²) in [5.41, 5.74) is -0.500. The molecule has 3 nitrogen and oxygen atoms in total. The van der Waals surface area contributed by atoms with Crippen molar-refractivity contribution in [1.82, 2.24) is 4.90 Å². The van der Waals surface area contributed by atoms with E-state index in [4.69, 9.17) is 0 Å². The zero-order valence-electron chi connectivity index (χ0n) is 9.29. The summed E-state index contributed by atoms with van der Waals surface area (Å²) in [6.07, 6.45) is -0.979. The maximum absolute atomic E-state index is 13.5. The lowest BCUT2D eigenvalue weighted by Crippen LogP contribution is -2.24. The molecule has 1 unspecified atom stereocenters. The van der Waals surface area contributed by atoms with Gasteiger partial charge in [0.1, 0.15) is 17.2 Å². The van der Waals surface area contributed by atoms with Crippen molar-refractivity contribution in [3.05, 3.63) is 34.9 Å². The molecule has 0 aliphatic carbocycles. The van der Waals surface area contributed by atoms with E-state index in [-0.39, 0.29) is 5.56 Å². The SMILES string of the molecule is CC(O)c1cc(F)c(C(=O)N(C)C)c(F)c1. The van der Waals surface area contributed by atoms with E-state index in [1.807, 2.05) is 0 Å². The molecule has 0 radical (unpaired) electrons. The van der Waals surface area contributed by atoms with Gasteiger partial charge in [0.25, 0.3) is 5.91 Å². The van der Waals surface area contributed by atoms with Crippen molar-refractivity contribution in [1.29, 1.82) is 0 Å². The molecular formula is C11H13F2NO2. The average Bonchev–Trinajstić information content (AvgIpc) is 2.15. The number of nitrogens with zero attached hydrogens (tertiary/aromatic N) is 1. The van der Waals surface area contributed by atoms with E-state index in [2.05, 4.69) is 0 Å².